The van der Waals surface area contributed by atoms with Crippen molar-refractivity contribution in [3.63, 3.8) is 0 Å². The first-order valence-electron chi connectivity index (χ1n) is 9.76. The van der Waals surface area contributed by atoms with Crippen molar-refractivity contribution in [3.8, 4) is 0 Å². The fourth-order valence-electron chi connectivity index (χ4n) is 3.74. The fraction of sp³-hybridized carbons (Fsp3) is 0.286. The second-order valence-corrected chi connectivity index (χ2v) is 10.5. The maximum Gasteiger partial charge on any atom is 0.353 e. The summed E-state index contributed by atoms with van der Waals surface area (Å²) in [6.07, 6.45) is 4.22. The lowest BCUT2D eigenvalue weighted by Gasteiger charge is -2.18. The summed E-state index contributed by atoms with van der Waals surface area (Å²) in [5.41, 5.74) is -0.112. The van der Waals surface area contributed by atoms with Crippen molar-refractivity contribution in [2.45, 2.75) is 35.5 Å². The van der Waals surface area contributed by atoms with E-state index in [1.165, 1.54) is 24.3 Å². The highest BCUT2D eigenvalue weighted by molar-refractivity contribution is 7.90. The predicted molar refractivity (Wildman–Crippen MR) is 114 cm³/mol. The van der Waals surface area contributed by atoms with Crippen LogP contribution >= 0.6 is 0 Å². The zero-order valence-corrected chi connectivity index (χ0v) is 17.9. The summed E-state index contributed by atoms with van der Waals surface area (Å²) < 4.78 is 42.1. The third-order valence-electron chi connectivity index (χ3n) is 5.23. The lowest BCUT2D eigenvalue weighted by molar-refractivity contribution is 0.0689. The van der Waals surface area contributed by atoms with E-state index >= 15 is 0 Å². The molecule has 158 valence electrons. The van der Waals surface area contributed by atoms with Gasteiger partial charge in [0.2, 0.25) is 0 Å². The minimum Gasteiger partial charge on any atom is -0.477 e. The van der Waals surface area contributed by atoms with E-state index in [1.807, 2.05) is 4.31 Å². The molecule has 1 N–H and O–H groups in total. The summed E-state index contributed by atoms with van der Waals surface area (Å²) in [7, 11) is -5.48. The first kappa shape index (κ1) is 20.8. The Labute approximate surface area is 177 Å². The number of aromatic carboxylic acids is 1. The number of benzene rings is 2. The maximum atomic E-state index is 13.2. The Morgan fingerprint density at radius 3 is 2.23 bits per heavy atom. The highest BCUT2D eigenvalue weighted by Crippen LogP contribution is 2.28. The van der Waals surface area contributed by atoms with Gasteiger partial charge >= 0.3 is 5.97 Å². The Bertz CT molecular complexity index is 1210. The monoisotopic (exact) mass is 446 g/mol. The summed E-state index contributed by atoms with van der Waals surface area (Å²) in [6.45, 7) is 1.49. The summed E-state index contributed by atoms with van der Waals surface area (Å²) in [5, 5.41) is 10.1. The summed E-state index contributed by atoms with van der Waals surface area (Å²) >= 11 is 0. The molecule has 1 aliphatic rings. The van der Waals surface area contributed by atoms with Gasteiger partial charge in [0.05, 0.1) is 15.3 Å². The summed E-state index contributed by atoms with van der Waals surface area (Å²) in [4.78, 5) is 12.4. The van der Waals surface area contributed by atoms with Gasteiger partial charge in [0.25, 0.3) is 10.0 Å². The first-order valence-corrected chi connectivity index (χ1v) is 12.3. The molecule has 1 aromatic heterocycles. The Morgan fingerprint density at radius 1 is 0.933 bits per heavy atom. The van der Waals surface area contributed by atoms with Crippen molar-refractivity contribution in [3.05, 3.63) is 60.3 Å². The standard InChI is InChI=1S/C21H22N2O5S2/c24-21(25)20-15-16-14-17(29(26)22-12-6-1-2-7-13-22)10-11-19(16)23(20)30(27,28)18-8-4-3-5-9-18/h3-5,8-11,14-15H,1-2,6-7,12-13H2,(H,24,25). The van der Waals surface area contributed by atoms with Crippen LogP contribution in [0.5, 0.6) is 0 Å². The van der Waals surface area contributed by atoms with Gasteiger partial charge in [-0.15, -0.1) is 0 Å². The van der Waals surface area contributed by atoms with E-state index in [9.17, 15) is 22.5 Å². The second-order valence-electron chi connectivity index (χ2n) is 7.23. The molecule has 1 saturated heterocycles. The van der Waals surface area contributed by atoms with Gasteiger partial charge in [0.15, 0.2) is 0 Å². The van der Waals surface area contributed by atoms with Gasteiger partial charge in [-0.25, -0.2) is 25.7 Å². The Hall–Kier alpha value is -2.49. The van der Waals surface area contributed by atoms with Crippen molar-refractivity contribution in [2.75, 3.05) is 13.1 Å². The van der Waals surface area contributed by atoms with E-state index in [4.69, 9.17) is 0 Å². The zero-order chi connectivity index (χ0) is 21.3. The number of hydrogen-bond acceptors (Lipinski definition) is 4. The molecule has 1 unspecified atom stereocenters. The molecule has 0 bridgehead atoms. The predicted octanol–water partition coefficient (Wildman–Crippen LogP) is 3.48. The highest BCUT2D eigenvalue weighted by Gasteiger charge is 2.27. The van der Waals surface area contributed by atoms with Crippen LogP contribution in [0.25, 0.3) is 10.9 Å². The first-order chi connectivity index (χ1) is 14.4. The lowest BCUT2D eigenvalue weighted by atomic mass is 10.2. The number of aromatic nitrogens is 1. The average molecular weight is 447 g/mol. The molecule has 0 spiro atoms. The molecule has 7 nitrogen and oxygen atoms in total. The topological polar surface area (TPSA) is 96.7 Å². The third kappa shape index (κ3) is 3.80. The van der Waals surface area contributed by atoms with Gasteiger partial charge < -0.3 is 5.11 Å². The van der Waals surface area contributed by atoms with Crippen LogP contribution in [0.2, 0.25) is 0 Å². The molecule has 4 rings (SSSR count). The van der Waals surface area contributed by atoms with Gasteiger partial charge in [-0.2, -0.15) is 0 Å². The molecule has 9 heteroatoms. The fourth-order valence-corrected chi connectivity index (χ4v) is 6.57. The molecular formula is C21H22N2O5S2. The molecule has 0 radical (unpaired) electrons. The van der Waals surface area contributed by atoms with Crippen LogP contribution in [0.4, 0.5) is 0 Å². The van der Waals surface area contributed by atoms with Gasteiger partial charge in [-0.05, 0) is 49.2 Å². The average Bonchev–Trinajstić information content (AvgIpc) is 2.93. The van der Waals surface area contributed by atoms with Crippen molar-refractivity contribution < 1.29 is 22.5 Å². The van der Waals surface area contributed by atoms with Crippen molar-refractivity contribution >= 4 is 37.9 Å². The van der Waals surface area contributed by atoms with Crippen LogP contribution in [-0.2, 0) is 21.0 Å². The van der Waals surface area contributed by atoms with Gasteiger partial charge in [0.1, 0.15) is 16.7 Å². The van der Waals surface area contributed by atoms with Crippen molar-refractivity contribution in [2.24, 2.45) is 0 Å². The quantitative estimate of drug-likeness (QED) is 0.647. The van der Waals surface area contributed by atoms with Crippen LogP contribution in [-0.4, -0.2) is 45.1 Å². The maximum absolute atomic E-state index is 13.2. The summed E-state index contributed by atoms with van der Waals surface area (Å²) in [5.74, 6) is -1.35. The molecule has 2 heterocycles. The lowest BCUT2D eigenvalue weighted by Crippen LogP contribution is -2.27. The van der Waals surface area contributed by atoms with Crippen LogP contribution < -0.4 is 0 Å². The normalized spacial score (nSPS) is 16.9. The Balaban J connectivity index is 1.82. The van der Waals surface area contributed by atoms with Crippen molar-refractivity contribution in [1.82, 2.24) is 8.28 Å². The van der Waals surface area contributed by atoms with E-state index < -0.39 is 27.0 Å². The summed E-state index contributed by atoms with van der Waals surface area (Å²) in [6, 6.07) is 13.8. The number of carboxylic acid groups (broad SMARTS) is 1. The molecule has 3 aromatic rings. The van der Waals surface area contributed by atoms with E-state index in [-0.39, 0.29) is 16.1 Å². The van der Waals surface area contributed by atoms with E-state index in [0.29, 0.717) is 10.3 Å². The van der Waals surface area contributed by atoms with Gasteiger partial charge in [-0.3, -0.25) is 0 Å². The Morgan fingerprint density at radius 2 is 1.60 bits per heavy atom. The molecule has 0 saturated carbocycles. The number of fused-ring (bicyclic) bond motifs is 1. The van der Waals surface area contributed by atoms with Crippen LogP contribution in [0.3, 0.4) is 0 Å². The largest absolute Gasteiger partial charge is 0.477 e. The molecule has 1 aliphatic heterocycles. The minimum atomic E-state index is -4.11. The third-order valence-corrected chi connectivity index (χ3v) is 8.46. The number of nitrogens with zero attached hydrogens (tertiary/aromatic N) is 2. The van der Waals surface area contributed by atoms with Crippen LogP contribution in [0.15, 0.2) is 64.4 Å². The number of carbonyl (C=O) groups is 1. The van der Waals surface area contributed by atoms with Crippen LogP contribution in [0.1, 0.15) is 36.2 Å². The van der Waals surface area contributed by atoms with Crippen LogP contribution in [0, 0.1) is 0 Å². The van der Waals surface area contributed by atoms with Gasteiger partial charge in [-0.1, -0.05) is 31.0 Å². The molecule has 1 atom stereocenters. The van der Waals surface area contributed by atoms with E-state index in [1.54, 1.807) is 30.3 Å². The molecule has 1 fully saturated rings. The molecule has 0 aliphatic carbocycles. The molecule has 30 heavy (non-hydrogen) atoms. The number of hydrogen-bond donors (Lipinski definition) is 1. The number of rotatable bonds is 5. The molecule has 2 aromatic carbocycles. The Kier molecular flexibility index (Phi) is 5.77. The zero-order valence-electron chi connectivity index (χ0n) is 16.2. The molecule has 0 amide bonds. The smallest absolute Gasteiger partial charge is 0.353 e. The van der Waals surface area contributed by atoms with Gasteiger partial charge in [0, 0.05) is 18.5 Å². The van der Waals surface area contributed by atoms with E-state index in [0.717, 1.165) is 42.7 Å². The number of carboxylic acids is 1. The highest BCUT2D eigenvalue weighted by atomic mass is 32.2. The second kappa shape index (κ2) is 8.33. The van der Waals surface area contributed by atoms with E-state index in [2.05, 4.69) is 0 Å². The molecular weight excluding hydrogens is 424 g/mol. The minimum absolute atomic E-state index is 0.00206. The van der Waals surface area contributed by atoms with Crippen molar-refractivity contribution in [1.29, 1.82) is 0 Å². The SMILES string of the molecule is O=C(O)c1cc2cc(S(=O)N3CCCCCC3)ccc2n1S(=O)(=O)c1ccccc1.